The lowest BCUT2D eigenvalue weighted by Gasteiger charge is -2.34. The summed E-state index contributed by atoms with van der Waals surface area (Å²) in [7, 11) is 1.68. The molecule has 0 bridgehead atoms. The Balaban J connectivity index is 1.16. The largest absolute Gasteiger partial charge is 0.497 e. The van der Waals surface area contributed by atoms with E-state index in [-0.39, 0.29) is 18.1 Å². The first-order chi connectivity index (χ1) is 20.0. The zero-order valence-electron chi connectivity index (χ0n) is 24.7. The number of nitrogens with zero attached hydrogens (tertiary/aromatic N) is 1. The molecule has 5 rings (SSSR count). The predicted molar refractivity (Wildman–Crippen MR) is 162 cm³/mol. The Labute approximate surface area is 245 Å². The molecule has 41 heavy (non-hydrogen) atoms. The van der Waals surface area contributed by atoms with Crippen LogP contribution >= 0.6 is 0 Å². The number of ether oxygens (including phenoxy) is 2. The minimum atomic E-state index is -0.736. The first-order valence-electron chi connectivity index (χ1n) is 15.9. The number of hydrogen-bond acceptors (Lipinski definition) is 5. The fourth-order valence-electron chi connectivity index (χ4n) is 6.89. The SMILES string of the molecule is COc1ccc(C(=O)CCC2CCCCCC2)c(N2CCC(COc3cccc(C(CC(=O)O)C4CC4)c3)CC2)c1. The molecule has 2 aliphatic carbocycles. The van der Waals surface area contributed by atoms with E-state index in [0.29, 0.717) is 30.8 Å². The number of anilines is 1. The van der Waals surface area contributed by atoms with Crippen molar-refractivity contribution in [3.8, 4) is 11.5 Å². The molecule has 1 saturated heterocycles. The molecule has 6 nitrogen and oxygen atoms in total. The molecule has 0 spiro atoms. The van der Waals surface area contributed by atoms with Crippen molar-refractivity contribution in [3.05, 3.63) is 53.6 Å². The van der Waals surface area contributed by atoms with Gasteiger partial charge in [-0.2, -0.15) is 0 Å². The minimum Gasteiger partial charge on any atom is -0.497 e. The van der Waals surface area contributed by atoms with Gasteiger partial charge in [0.15, 0.2) is 5.78 Å². The summed E-state index contributed by atoms with van der Waals surface area (Å²) in [5.74, 6) is 2.82. The van der Waals surface area contributed by atoms with Crippen molar-refractivity contribution in [3.63, 3.8) is 0 Å². The lowest BCUT2D eigenvalue weighted by atomic mass is 9.91. The third kappa shape index (κ3) is 8.27. The smallest absolute Gasteiger partial charge is 0.303 e. The molecule has 3 fully saturated rings. The number of carbonyl (C=O) groups excluding carboxylic acids is 1. The summed E-state index contributed by atoms with van der Waals surface area (Å²) >= 11 is 0. The van der Waals surface area contributed by atoms with Crippen LogP contribution in [0.1, 0.15) is 105 Å². The molecule has 3 aliphatic rings. The Morgan fingerprint density at radius 1 is 0.902 bits per heavy atom. The van der Waals surface area contributed by atoms with Crippen molar-refractivity contribution in [1.29, 1.82) is 0 Å². The van der Waals surface area contributed by atoms with E-state index < -0.39 is 5.97 Å². The summed E-state index contributed by atoms with van der Waals surface area (Å²) in [6.07, 6.45) is 13.9. The van der Waals surface area contributed by atoms with Crippen LogP contribution in [0.15, 0.2) is 42.5 Å². The summed E-state index contributed by atoms with van der Waals surface area (Å²) in [5.41, 5.74) is 2.92. The highest BCUT2D eigenvalue weighted by molar-refractivity contribution is 6.01. The minimum absolute atomic E-state index is 0.0752. The number of piperidine rings is 1. The van der Waals surface area contributed by atoms with Gasteiger partial charge in [0, 0.05) is 31.1 Å². The molecule has 2 saturated carbocycles. The van der Waals surface area contributed by atoms with E-state index >= 15 is 0 Å². The summed E-state index contributed by atoms with van der Waals surface area (Å²) in [4.78, 5) is 27.2. The van der Waals surface area contributed by atoms with Gasteiger partial charge in [0.1, 0.15) is 11.5 Å². The van der Waals surface area contributed by atoms with Gasteiger partial charge < -0.3 is 19.5 Å². The van der Waals surface area contributed by atoms with Crippen molar-refractivity contribution in [1.82, 2.24) is 0 Å². The average Bonchev–Trinajstić information content (AvgIpc) is 3.86. The topological polar surface area (TPSA) is 76.1 Å². The Morgan fingerprint density at radius 2 is 1.66 bits per heavy atom. The maximum Gasteiger partial charge on any atom is 0.303 e. The van der Waals surface area contributed by atoms with Gasteiger partial charge in [0.05, 0.1) is 25.8 Å². The van der Waals surface area contributed by atoms with E-state index in [2.05, 4.69) is 4.90 Å². The monoisotopic (exact) mass is 561 g/mol. The molecule has 1 unspecified atom stereocenters. The number of aliphatic carboxylic acids is 1. The Hall–Kier alpha value is -3.02. The molecule has 0 aromatic heterocycles. The van der Waals surface area contributed by atoms with Gasteiger partial charge >= 0.3 is 5.97 Å². The average molecular weight is 562 g/mol. The van der Waals surface area contributed by atoms with Crippen LogP contribution in [0.4, 0.5) is 5.69 Å². The van der Waals surface area contributed by atoms with E-state index in [1.165, 1.54) is 38.5 Å². The van der Waals surface area contributed by atoms with Crippen molar-refractivity contribution in [2.45, 2.75) is 89.4 Å². The first-order valence-corrected chi connectivity index (χ1v) is 15.9. The zero-order valence-corrected chi connectivity index (χ0v) is 24.7. The third-order valence-corrected chi connectivity index (χ3v) is 9.57. The number of methoxy groups -OCH3 is 1. The normalized spacial score (nSPS) is 19.4. The predicted octanol–water partition coefficient (Wildman–Crippen LogP) is 7.89. The van der Waals surface area contributed by atoms with Crippen molar-refractivity contribution >= 4 is 17.4 Å². The third-order valence-electron chi connectivity index (χ3n) is 9.57. The number of carbonyl (C=O) groups is 2. The molecule has 222 valence electrons. The Bertz CT molecular complexity index is 1160. The molecule has 1 atom stereocenters. The highest BCUT2D eigenvalue weighted by Gasteiger charge is 2.34. The number of carboxylic acids is 1. The molecular formula is C35H47NO5. The lowest BCUT2D eigenvalue weighted by Crippen LogP contribution is -2.36. The van der Waals surface area contributed by atoms with Gasteiger partial charge in [0.2, 0.25) is 0 Å². The molecule has 0 amide bonds. The van der Waals surface area contributed by atoms with Crippen LogP contribution in [0.25, 0.3) is 0 Å². The number of carboxylic acid groups (broad SMARTS) is 1. The van der Waals surface area contributed by atoms with Crippen LogP contribution < -0.4 is 14.4 Å². The summed E-state index contributed by atoms with van der Waals surface area (Å²) < 4.78 is 11.8. The van der Waals surface area contributed by atoms with E-state index in [4.69, 9.17) is 9.47 Å². The van der Waals surface area contributed by atoms with Gasteiger partial charge in [-0.05, 0) is 85.6 Å². The molecule has 1 N–H and O–H groups in total. The maximum atomic E-state index is 13.4. The number of benzene rings is 2. The van der Waals surface area contributed by atoms with Gasteiger partial charge in [-0.3, -0.25) is 9.59 Å². The van der Waals surface area contributed by atoms with Crippen LogP contribution in [0, 0.1) is 17.8 Å². The van der Waals surface area contributed by atoms with E-state index in [1.54, 1.807) is 7.11 Å². The number of Topliss-reactive ketones (excluding diaryl/α,β-unsaturated/α-hetero) is 1. The second-order valence-electron chi connectivity index (χ2n) is 12.6. The van der Waals surface area contributed by atoms with Crippen molar-refractivity contribution < 1.29 is 24.2 Å². The lowest BCUT2D eigenvalue weighted by molar-refractivity contribution is -0.137. The Morgan fingerprint density at radius 3 is 2.34 bits per heavy atom. The van der Waals surface area contributed by atoms with Crippen LogP contribution in [-0.2, 0) is 4.79 Å². The molecule has 0 radical (unpaired) electrons. The molecule has 6 heteroatoms. The second kappa shape index (κ2) is 14.2. The maximum absolute atomic E-state index is 13.4. The highest BCUT2D eigenvalue weighted by atomic mass is 16.5. The van der Waals surface area contributed by atoms with Gasteiger partial charge in [-0.25, -0.2) is 0 Å². The van der Waals surface area contributed by atoms with Crippen LogP contribution in [-0.4, -0.2) is 43.7 Å². The van der Waals surface area contributed by atoms with Gasteiger partial charge in [0.25, 0.3) is 0 Å². The summed E-state index contributed by atoms with van der Waals surface area (Å²) in [6.45, 7) is 2.41. The number of hydrogen-bond donors (Lipinski definition) is 1. The molecule has 2 aromatic rings. The summed E-state index contributed by atoms with van der Waals surface area (Å²) in [6, 6.07) is 14.0. The Kier molecular flexibility index (Phi) is 10.2. The summed E-state index contributed by atoms with van der Waals surface area (Å²) in [5, 5.41) is 9.37. The fourth-order valence-corrected chi connectivity index (χ4v) is 6.89. The van der Waals surface area contributed by atoms with E-state index in [0.717, 1.165) is 73.5 Å². The highest BCUT2D eigenvalue weighted by Crippen LogP contribution is 2.45. The number of rotatable bonds is 13. The van der Waals surface area contributed by atoms with Gasteiger partial charge in [-0.1, -0.05) is 50.7 Å². The number of ketones is 1. The van der Waals surface area contributed by atoms with E-state index in [1.807, 2.05) is 42.5 Å². The van der Waals surface area contributed by atoms with Crippen molar-refractivity contribution in [2.75, 3.05) is 31.7 Å². The molecule has 2 aromatic carbocycles. The first kappa shape index (κ1) is 29.5. The molecule has 1 heterocycles. The fraction of sp³-hybridized carbons (Fsp3) is 0.600. The van der Waals surface area contributed by atoms with Crippen LogP contribution in [0.2, 0.25) is 0 Å². The van der Waals surface area contributed by atoms with Gasteiger partial charge in [-0.15, -0.1) is 0 Å². The quantitative estimate of drug-likeness (QED) is 0.198. The second-order valence-corrected chi connectivity index (χ2v) is 12.6. The van der Waals surface area contributed by atoms with Crippen molar-refractivity contribution in [2.24, 2.45) is 17.8 Å². The molecular weight excluding hydrogens is 514 g/mol. The standard InChI is InChI=1S/C35H47NO5/c1-40-29-14-15-31(34(37)16-11-25-7-4-2-3-5-8-25)33(22-29)36-19-17-26(18-20-36)24-41-30-10-6-9-28(21-30)32(23-35(38)39)27-12-13-27/h6,9-10,14-15,21-22,25-27,32H,2-5,7-8,11-13,16-20,23-24H2,1H3,(H,38,39). The van der Waals surface area contributed by atoms with Crippen LogP contribution in [0.5, 0.6) is 11.5 Å². The molecule has 1 aliphatic heterocycles. The van der Waals surface area contributed by atoms with E-state index in [9.17, 15) is 14.7 Å². The van der Waals surface area contributed by atoms with Crippen LogP contribution in [0.3, 0.4) is 0 Å². The zero-order chi connectivity index (χ0) is 28.6.